The number of amides is 1. The van der Waals surface area contributed by atoms with Gasteiger partial charge in [-0.05, 0) is 48.1 Å². The molecule has 1 fully saturated rings. The van der Waals surface area contributed by atoms with Crippen molar-refractivity contribution in [1.82, 2.24) is 14.9 Å². The number of rotatable bonds is 4. The van der Waals surface area contributed by atoms with E-state index in [0.717, 1.165) is 23.6 Å². The van der Waals surface area contributed by atoms with Crippen LogP contribution < -0.4 is 10.9 Å². The molecule has 6 heteroatoms. The van der Waals surface area contributed by atoms with Crippen molar-refractivity contribution in [1.29, 1.82) is 0 Å². The van der Waals surface area contributed by atoms with Crippen LogP contribution in [0.3, 0.4) is 0 Å². The molecule has 2 aromatic carbocycles. The largest absolute Gasteiger partial charge is 0.352 e. The molecule has 1 aromatic heterocycles. The number of carbonyl (C=O) groups is 1. The maximum atomic E-state index is 12.9. The van der Waals surface area contributed by atoms with Gasteiger partial charge in [0.2, 0.25) is 5.91 Å². The Labute approximate surface area is 181 Å². The predicted octanol–water partition coefficient (Wildman–Crippen LogP) is 4.51. The molecule has 0 spiro atoms. The molecule has 5 nitrogen and oxygen atoms in total. The highest BCUT2D eigenvalue weighted by Gasteiger charge is 2.29. The second-order valence-corrected chi connectivity index (χ2v) is 9.93. The molecule has 1 aliphatic carbocycles. The first kappa shape index (κ1) is 20.9. The number of carbonyl (C=O) groups excluding carboxylic acids is 1. The minimum Gasteiger partial charge on any atom is -0.352 e. The lowest BCUT2D eigenvalue weighted by Gasteiger charge is -2.35. The molecule has 0 radical (unpaired) electrons. The third-order valence-corrected chi connectivity index (χ3v) is 7.73. The number of benzene rings is 2. The Morgan fingerprint density at radius 1 is 1.20 bits per heavy atom. The fourth-order valence-electron chi connectivity index (χ4n) is 4.34. The van der Waals surface area contributed by atoms with E-state index < -0.39 is 0 Å². The first-order chi connectivity index (χ1) is 14.3. The van der Waals surface area contributed by atoms with Crippen molar-refractivity contribution >= 4 is 39.3 Å². The summed E-state index contributed by atoms with van der Waals surface area (Å²) in [6.45, 7) is 6.37. The molecule has 158 valence electrons. The molecule has 1 amide bonds. The summed E-state index contributed by atoms with van der Waals surface area (Å²) >= 11 is 1.34. The summed E-state index contributed by atoms with van der Waals surface area (Å²) < 4.78 is 1.55. The van der Waals surface area contributed by atoms with E-state index in [4.69, 9.17) is 4.98 Å². The topological polar surface area (TPSA) is 64.0 Å². The van der Waals surface area contributed by atoms with Crippen molar-refractivity contribution in [2.45, 2.75) is 56.5 Å². The van der Waals surface area contributed by atoms with Crippen LogP contribution in [0.4, 0.5) is 0 Å². The highest BCUT2D eigenvalue weighted by molar-refractivity contribution is 8.00. The fourth-order valence-corrected chi connectivity index (χ4v) is 5.22. The minimum atomic E-state index is -0.328. The molecule has 0 aliphatic heterocycles. The van der Waals surface area contributed by atoms with Crippen LogP contribution in [0.2, 0.25) is 0 Å². The van der Waals surface area contributed by atoms with Gasteiger partial charge >= 0.3 is 0 Å². The maximum Gasteiger partial charge on any atom is 0.261 e. The molecule has 4 rings (SSSR count). The molecule has 1 saturated carbocycles. The van der Waals surface area contributed by atoms with E-state index in [1.807, 2.05) is 43.3 Å². The van der Waals surface area contributed by atoms with Gasteiger partial charge in [0.1, 0.15) is 0 Å². The molecule has 0 saturated heterocycles. The highest BCUT2D eigenvalue weighted by atomic mass is 32.2. The van der Waals surface area contributed by atoms with E-state index in [9.17, 15) is 9.59 Å². The van der Waals surface area contributed by atoms with E-state index in [1.54, 1.807) is 11.6 Å². The Bertz CT molecular complexity index is 1160. The van der Waals surface area contributed by atoms with Gasteiger partial charge in [-0.25, -0.2) is 4.98 Å². The van der Waals surface area contributed by atoms with Gasteiger partial charge in [0.25, 0.3) is 5.56 Å². The molecule has 30 heavy (non-hydrogen) atoms. The summed E-state index contributed by atoms with van der Waals surface area (Å²) in [5.74, 6) is 1.12. The maximum absolute atomic E-state index is 12.9. The first-order valence-corrected chi connectivity index (χ1v) is 11.6. The van der Waals surface area contributed by atoms with Crippen LogP contribution in [-0.2, 0) is 11.8 Å². The third kappa shape index (κ3) is 3.97. The molecule has 0 bridgehead atoms. The lowest BCUT2D eigenvalue weighted by molar-refractivity contribution is -0.121. The van der Waals surface area contributed by atoms with Crippen LogP contribution in [-0.4, -0.2) is 26.8 Å². The van der Waals surface area contributed by atoms with Crippen molar-refractivity contribution in [2.24, 2.45) is 18.9 Å². The van der Waals surface area contributed by atoms with Gasteiger partial charge in [-0.3, -0.25) is 14.2 Å². The monoisotopic (exact) mass is 423 g/mol. The lowest BCUT2D eigenvalue weighted by Crippen LogP contribution is -2.46. The summed E-state index contributed by atoms with van der Waals surface area (Å²) in [5, 5.41) is 6.15. The number of aromatic nitrogens is 2. The Kier molecular flexibility index (Phi) is 5.87. The van der Waals surface area contributed by atoms with Crippen molar-refractivity contribution in [3.8, 4) is 0 Å². The van der Waals surface area contributed by atoms with Crippen LogP contribution in [0.1, 0.15) is 40.0 Å². The van der Waals surface area contributed by atoms with Gasteiger partial charge in [0, 0.05) is 13.1 Å². The van der Waals surface area contributed by atoms with Gasteiger partial charge in [0.05, 0.1) is 16.2 Å². The van der Waals surface area contributed by atoms with Crippen molar-refractivity contribution in [3.05, 3.63) is 46.8 Å². The average molecular weight is 424 g/mol. The fraction of sp³-hybridized carbons (Fsp3) is 0.458. The van der Waals surface area contributed by atoms with Gasteiger partial charge < -0.3 is 5.32 Å². The molecule has 4 atom stereocenters. The number of nitrogens with one attached hydrogen (secondary N) is 1. The quantitative estimate of drug-likeness (QED) is 0.381. The van der Waals surface area contributed by atoms with Crippen LogP contribution in [0.15, 0.2) is 46.3 Å². The summed E-state index contributed by atoms with van der Waals surface area (Å²) in [5.41, 5.74) is 0.581. The zero-order valence-electron chi connectivity index (χ0n) is 18.0. The molecule has 0 unspecified atom stereocenters. The lowest BCUT2D eigenvalue weighted by atomic mass is 9.78. The number of nitrogens with zero attached hydrogens (tertiary/aromatic N) is 2. The van der Waals surface area contributed by atoms with E-state index >= 15 is 0 Å². The van der Waals surface area contributed by atoms with Crippen molar-refractivity contribution in [2.75, 3.05) is 0 Å². The second-order valence-electron chi connectivity index (χ2n) is 8.62. The zero-order valence-corrected chi connectivity index (χ0v) is 18.8. The Morgan fingerprint density at radius 3 is 2.63 bits per heavy atom. The molecule has 1 N–H and O–H groups in total. The van der Waals surface area contributed by atoms with Gasteiger partial charge in [0.15, 0.2) is 5.16 Å². The SMILES string of the molecule is C[C@@H]1[C@H](C)CCC[C@H]1NC(=O)[C@@H](C)Sc1nc2cc3ccccc3cc2c(=O)n1C. The molecule has 3 aromatic rings. The first-order valence-electron chi connectivity index (χ1n) is 10.7. The van der Waals surface area contributed by atoms with E-state index in [-0.39, 0.29) is 22.8 Å². The van der Waals surface area contributed by atoms with Crippen molar-refractivity contribution in [3.63, 3.8) is 0 Å². The van der Waals surface area contributed by atoms with Crippen molar-refractivity contribution < 1.29 is 4.79 Å². The van der Waals surface area contributed by atoms with E-state index in [0.29, 0.717) is 27.9 Å². The molecular weight excluding hydrogens is 394 g/mol. The Balaban J connectivity index is 1.58. The van der Waals surface area contributed by atoms with E-state index in [1.165, 1.54) is 18.2 Å². The standard InChI is InChI=1S/C24H29N3O2S/c1-14-8-7-11-20(15(14)2)25-22(28)16(3)30-24-26-21-13-18-10-6-5-9-17(18)12-19(21)23(29)27(24)4/h5-6,9-10,12-16,20H,7-8,11H2,1-4H3,(H,25,28)/t14-,15-,16-,20-/m1/s1. The summed E-state index contributed by atoms with van der Waals surface area (Å²) in [7, 11) is 1.72. The minimum absolute atomic E-state index is 0.0128. The number of fused-ring (bicyclic) bond motifs is 2. The summed E-state index contributed by atoms with van der Waals surface area (Å²) in [6.07, 6.45) is 3.43. The predicted molar refractivity (Wildman–Crippen MR) is 124 cm³/mol. The van der Waals surface area contributed by atoms with Crippen LogP contribution in [0.25, 0.3) is 21.7 Å². The second kappa shape index (κ2) is 8.42. The van der Waals surface area contributed by atoms with Crippen LogP contribution in [0, 0.1) is 11.8 Å². The third-order valence-electron chi connectivity index (χ3n) is 6.59. The Morgan fingerprint density at radius 2 is 1.90 bits per heavy atom. The average Bonchev–Trinajstić information content (AvgIpc) is 2.74. The molecular formula is C24H29N3O2S. The van der Waals surface area contributed by atoms with Gasteiger partial charge in [-0.1, -0.05) is 62.7 Å². The van der Waals surface area contributed by atoms with Gasteiger partial charge in [-0.2, -0.15) is 0 Å². The summed E-state index contributed by atoms with van der Waals surface area (Å²) in [4.78, 5) is 30.5. The summed E-state index contributed by atoms with van der Waals surface area (Å²) in [6, 6.07) is 12.0. The zero-order chi connectivity index (χ0) is 21.4. The smallest absolute Gasteiger partial charge is 0.261 e. The number of hydrogen-bond acceptors (Lipinski definition) is 4. The van der Waals surface area contributed by atoms with Crippen LogP contribution in [0.5, 0.6) is 0 Å². The Hall–Kier alpha value is -2.34. The highest BCUT2D eigenvalue weighted by Crippen LogP contribution is 2.30. The number of hydrogen-bond donors (Lipinski definition) is 1. The molecule has 1 aliphatic rings. The van der Waals surface area contributed by atoms with E-state index in [2.05, 4.69) is 19.2 Å². The van der Waals surface area contributed by atoms with Gasteiger partial charge in [-0.15, -0.1) is 0 Å². The number of thioether (sulfide) groups is 1. The normalized spacial score (nSPS) is 22.9. The molecule has 1 heterocycles. The van der Waals surface area contributed by atoms with Crippen LogP contribution >= 0.6 is 11.8 Å².